The van der Waals surface area contributed by atoms with Crippen molar-refractivity contribution in [3.63, 3.8) is 0 Å². The Labute approximate surface area is 125 Å². The normalized spacial score (nSPS) is 11.1. The van der Waals surface area contributed by atoms with Gasteiger partial charge in [0.2, 0.25) is 0 Å². The van der Waals surface area contributed by atoms with Crippen molar-refractivity contribution >= 4 is 35.6 Å². The van der Waals surface area contributed by atoms with Crippen LogP contribution >= 0.6 is 24.4 Å². The topological polar surface area (TPSA) is 51.4 Å². The zero-order valence-corrected chi connectivity index (χ0v) is 12.8. The molecule has 0 fully saturated rings. The third kappa shape index (κ3) is 2.08. The lowest BCUT2D eigenvalue weighted by atomic mass is 10.2. The van der Waals surface area contributed by atoms with Crippen molar-refractivity contribution in [3.8, 4) is 0 Å². The summed E-state index contributed by atoms with van der Waals surface area (Å²) < 4.78 is 5.01. The summed E-state index contributed by atoms with van der Waals surface area (Å²) in [5.41, 5.74) is 2.79. The molecular formula is C13H13N5S2. The fraction of sp³-hybridized carbons (Fsp3) is 0.231. The Kier molecular flexibility index (Phi) is 3.23. The summed E-state index contributed by atoms with van der Waals surface area (Å²) in [5.74, 6) is 0.869. The van der Waals surface area contributed by atoms with Crippen LogP contribution in [0, 0.1) is 9.41 Å². The molecule has 0 aliphatic rings. The molecule has 0 saturated carbocycles. The molecule has 0 radical (unpaired) electrons. The van der Waals surface area contributed by atoms with Crippen molar-refractivity contribution in [1.82, 2.24) is 24.1 Å². The molecule has 0 atom stereocenters. The summed E-state index contributed by atoms with van der Waals surface area (Å²) in [6.07, 6.45) is 4.26. The summed E-state index contributed by atoms with van der Waals surface area (Å²) in [6, 6.07) is 3.95. The van der Waals surface area contributed by atoms with Crippen molar-refractivity contribution in [2.75, 3.05) is 0 Å². The second-order valence-electron chi connectivity index (χ2n) is 4.62. The van der Waals surface area contributed by atoms with Crippen LogP contribution in [-0.4, -0.2) is 24.1 Å². The van der Waals surface area contributed by atoms with Crippen molar-refractivity contribution in [1.29, 1.82) is 0 Å². The van der Waals surface area contributed by atoms with Crippen LogP contribution in [-0.2, 0) is 20.5 Å². The molecule has 0 saturated heterocycles. The first-order valence-corrected chi connectivity index (χ1v) is 6.93. The van der Waals surface area contributed by atoms with Gasteiger partial charge in [-0.3, -0.25) is 4.98 Å². The smallest absolute Gasteiger partial charge is 0.182 e. The number of hydrogen-bond acceptors (Lipinski definition) is 4. The first-order valence-electron chi connectivity index (χ1n) is 6.11. The van der Waals surface area contributed by atoms with Crippen molar-refractivity contribution in [2.24, 2.45) is 14.1 Å². The molecule has 1 N–H and O–H groups in total. The maximum absolute atomic E-state index is 5.42. The standard InChI is InChI=1S/C13H13N5S2/c1-17-11-10(12(19)18(2)13(17)20)15-9(16-11)7-8-3-5-14-6-4-8/h3-6H,7H2,1-2H3,(H,15,16). The fourth-order valence-corrected chi connectivity index (χ4v) is 2.62. The van der Waals surface area contributed by atoms with Gasteiger partial charge in [-0.25, -0.2) is 4.98 Å². The van der Waals surface area contributed by atoms with Gasteiger partial charge in [-0.05, 0) is 29.9 Å². The number of fused-ring (bicyclic) bond motifs is 1. The highest BCUT2D eigenvalue weighted by atomic mass is 32.1. The van der Waals surface area contributed by atoms with Gasteiger partial charge in [0.25, 0.3) is 0 Å². The van der Waals surface area contributed by atoms with Crippen LogP contribution in [0.15, 0.2) is 24.5 Å². The number of aromatic nitrogens is 5. The maximum Gasteiger partial charge on any atom is 0.182 e. The summed E-state index contributed by atoms with van der Waals surface area (Å²) in [7, 11) is 3.77. The molecule has 0 bridgehead atoms. The molecule has 0 aromatic carbocycles. The number of imidazole rings is 1. The molecule has 20 heavy (non-hydrogen) atoms. The van der Waals surface area contributed by atoms with Gasteiger partial charge in [-0.1, -0.05) is 12.2 Å². The van der Waals surface area contributed by atoms with E-state index in [0.29, 0.717) is 15.8 Å². The minimum Gasteiger partial charge on any atom is -0.338 e. The zero-order chi connectivity index (χ0) is 14.3. The molecule has 3 aromatic heterocycles. The quantitative estimate of drug-likeness (QED) is 0.740. The Morgan fingerprint density at radius 1 is 1.15 bits per heavy atom. The minimum absolute atomic E-state index is 0.657. The van der Waals surface area contributed by atoms with Crippen LogP contribution in [0.3, 0.4) is 0 Å². The molecule has 0 amide bonds. The molecular weight excluding hydrogens is 290 g/mol. The predicted molar refractivity (Wildman–Crippen MR) is 82.7 cm³/mol. The molecule has 7 heteroatoms. The SMILES string of the molecule is Cn1c(=S)c2[nH]c(Cc3ccncc3)nc2n(C)c1=S. The van der Waals surface area contributed by atoms with E-state index in [9.17, 15) is 0 Å². The Morgan fingerprint density at radius 3 is 2.55 bits per heavy atom. The number of hydrogen-bond donors (Lipinski definition) is 1. The highest BCUT2D eigenvalue weighted by Crippen LogP contribution is 2.15. The Balaban J connectivity index is 2.17. The van der Waals surface area contributed by atoms with Crippen molar-refractivity contribution in [3.05, 3.63) is 45.3 Å². The Bertz CT molecular complexity index is 889. The van der Waals surface area contributed by atoms with E-state index in [1.807, 2.05) is 30.8 Å². The van der Waals surface area contributed by atoms with Gasteiger partial charge < -0.3 is 14.1 Å². The first-order chi connectivity index (χ1) is 9.58. The molecule has 102 valence electrons. The number of aryl methyl sites for hydroxylation is 1. The number of pyridine rings is 1. The number of nitrogens with zero attached hydrogens (tertiary/aromatic N) is 4. The van der Waals surface area contributed by atoms with E-state index in [4.69, 9.17) is 24.4 Å². The van der Waals surface area contributed by atoms with Gasteiger partial charge in [-0.15, -0.1) is 0 Å². The van der Waals surface area contributed by atoms with Crippen molar-refractivity contribution in [2.45, 2.75) is 6.42 Å². The molecule has 3 rings (SSSR count). The third-order valence-corrected chi connectivity index (χ3v) is 4.29. The number of nitrogens with one attached hydrogen (secondary N) is 1. The zero-order valence-electron chi connectivity index (χ0n) is 11.1. The highest BCUT2D eigenvalue weighted by Gasteiger charge is 2.10. The van der Waals surface area contributed by atoms with Crippen LogP contribution in [0.2, 0.25) is 0 Å². The molecule has 0 spiro atoms. The van der Waals surface area contributed by atoms with Gasteiger partial charge in [0.05, 0.1) is 0 Å². The summed E-state index contributed by atoms with van der Waals surface area (Å²) in [4.78, 5) is 11.9. The first kappa shape index (κ1) is 13.1. The van der Waals surface area contributed by atoms with Crippen LogP contribution < -0.4 is 0 Å². The second-order valence-corrected chi connectivity index (χ2v) is 5.37. The van der Waals surface area contributed by atoms with Gasteiger partial charge in [0, 0.05) is 32.9 Å². The van der Waals surface area contributed by atoms with Crippen LogP contribution in [0.1, 0.15) is 11.4 Å². The molecule has 3 aromatic rings. The monoisotopic (exact) mass is 303 g/mol. The molecule has 3 heterocycles. The van der Waals surface area contributed by atoms with E-state index >= 15 is 0 Å². The van der Waals surface area contributed by atoms with Gasteiger partial charge in [0.1, 0.15) is 16.0 Å². The molecule has 0 unspecified atom stereocenters. The lowest BCUT2D eigenvalue weighted by molar-refractivity contribution is 0.755. The van der Waals surface area contributed by atoms with E-state index in [-0.39, 0.29) is 0 Å². The fourth-order valence-electron chi connectivity index (χ4n) is 2.15. The second kappa shape index (κ2) is 4.92. The van der Waals surface area contributed by atoms with Crippen molar-refractivity contribution < 1.29 is 0 Å². The van der Waals surface area contributed by atoms with E-state index in [1.165, 1.54) is 0 Å². The van der Waals surface area contributed by atoms with Gasteiger partial charge >= 0.3 is 0 Å². The highest BCUT2D eigenvalue weighted by molar-refractivity contribution is 7.72. The third-order valence-electron chi connectivity index (χ3n) is 3.26. The van der Waals surface area contributed by atoms with Crippen LogP contribution in [0.5, 0.6) is 0 Å². The Hall–Kier alpha value is -1.86. The average Bonchev–Trinajstić information content (AvgIpc) is 2.88. The summed E-state index contributed by atoms with van der Waals surface area (Å²) in [5, 5.41) is 0. The van der Waals surface area contributed by atoms with Gasteiger partial charge in [0.15, 0.2) is 10.4 Å². The lowest BCUT2D eigenvalue weighted by Gasteiger charge is -2.05. The average molecular weight is 303 g/mol. The summed E-state index contributed by atoms with van der Waals surface area (Å²) in [6.45, 7) is 0. The Morgan fingerprint density at radius 2 is 1.85 bits per heavy atom. The number of aromatic amines is 1. The lowest BCUT2D eigenvalue weighted by Crippen LogP contribution is -2.05. The molecule has 0 aliphatic carbocycles. The van der Waals surface area contributed by atoms with Crippen LogP contribution in [0.4, 0.5) is 0 Å². The molecule has 0 aliphatic heterocycles. The maximum atomic E-state index is 5.42. The van der Waals surface area contributed by atoms with E-state index in [1.54, 1.807) is 17.0 Å². The number of H-pyrrole nitrogens is 1. The molecule has 5 nitrogen and oxygen atoms in total. The predicted octanol–water partition coefficient (Wildman–Crippen LogP) is 2.68. The van der Waals surface area contributed by atoms with Crippen LogP contribution in [0.25, 0.3) is 11.2 Å². The van der Waals surface area contributed by atoms with E-state index < -0.39 is 0 Å². The summed E-state index contributed by atoms with van der Waals surface area (Å²) >= 11 is 10.8. The minimum atomic E-state index is 0.657. The van der Waals surface area contributed by atoms with Gasteiger partial charge in [-0.2, -0.15) is 0 Å². The number of rotatable bonds is 2. The van der Waals surface area contributed by atoms with E-state index in [2.05, 4.69) is 15.0 Å². The largest absolute Gasteiger partial charge is 0.338 e. The van der Waals surface area contributed by atoms with E-state index in [0.717, 1.165) is 22.6 Å².